The molecular weight excluding hydrogens is 386 g/mol. The van der Waals surface area contributed by atoms with E-state index in [9.17, 15) is 4.79 Å². The Morgan fingerprint density at radius 3 is 2.16 bits per heavy atom. The van der Waals surface area contributed by atoms with Crippen molar-refractivity contribution >= 4 is 29.3 Å². The summed E-state index contributed by atoms with van der Waals surface area (Å²) in [6.07, 6.45) is 6.62. The summed E-state index contributed by atoms with van der Waals surface area (Å²) in [7, 11) is 0. The molecule has 0 bridgehead atoms. The van der Waals surface area contributed by atoms with Gasteiger partial charge in [0.25, 0.3) is 5.91 Å². The van der Waals surface area contributed by atoms with Gasteiger partial charge in [-0.05, 0) is 55.7 Å². The number of para-hydroxylation sites is 1. The Bertz CT molecular complexity index is 896. The monoisotopic (exact) mass is 419 g/mol. The summed E-state index contributed by atoms with van der Waals surface area (Å²) in [5, 5.41) is 5.83. The van der Waals surface area contributed by atoms with E-state index in [0.29, 0.717) is 18.1 Å². The first-order chi connectivity index (χ1) is 15.2. The van der Waals surface area contributed by atoms with Crippen molar-refractivity contribution < 1.29 is 9.53 Å². The van der Waals surface area contributed by atoms with Crippen LogP contribution in [-0.4, -0.2) is 31.5 Å². The minimum Gasteiger partial charge on any atom is -0.476 e. The van der Waals surface area contributed by atoms with Gasteiger partial charge in [0.1, 0.15) is 5.57 Å². The van der Waals surface area contributed by atoms with Crippen LogP contribution in [0.1, 0.15) is 52.0 Å². The molecule has 0 saturated heterocycles. The molecule has 5 heteroatoms. The predicted octanol–water partition coefficient (Wildman–Crippen LogP) is 5.87. The normalized spacial score (nSPS) is 14.8. The number of benzene rings is 2. The van der Waals surface area contributed by atoms with E-state index in [1.165, 1.54) is 36.4 Å². The second-order valence-electron chi connectivity index (χ2n) is 7.63. The molecule has 5 nitrogen and oxygen atoms in total. The predicted molar refractivity (Wildman–Crippen MR) is 129 cm³/mol. The van der Waals surface area contributed by atoms with Gasteiger partial charge in [-0.25, -0.2) is 0 Å². The highest BCUT2D eigenvalue weighted by Gasteiger charge is 2.32. The molecule has 0 atom stereocenters. The molecule has 0 aliphatic carbocycles. The van der Waals surface area contributed by atoms with E-state index in [-0.39, 0.29) is 5.91 Å². The molecule has 0 saturated carbocycles. The lowest BCUT2D eigenvalue weighted by molar-refractivity contribution is -0.114. The zero-order chi connectivity index (χ0) is 22.1. The van der Waals surface area contributed by atoms with Crippen LogP contribution in [0.5, 0.6) is 0 Å². The van der Waals surface area contributed by atoms with Crippen LogP contribution in [0.3, 0.4) is 0 Å². The van der Waals surface area contributed by atoms with E-state index in [0.717, 1.165) is 24.3 Å². The SMILES string of the molecule is CCCCN(CCCC)c1ccc(C=C2C(=O)N(c3ccccc3)N=C2OCC)cc1. The number of hydrogen-bond acceptors (Lipinski definition) is 4. The number of hydrazone groups is 1. The number of ether oxygens (including phenoxy) is 1. The number of anilines is 2. The maximum Gasteiger partial charge on any atom is 0.284 e. The molecule has 2 aromatic carbocycles. The van der Waals surface area contributed by atoms with Crippen molar-refractivity contribution in [3.63, 3.8) is 0 Å². The van der Waals surface area contributed by atoms with E-state index in [2.05, 4.69) is 48.1 Å². The second kappa shape index (κ2) is 11.3. The Hall–Kier alpha value is -3.08. The van der Waals surface area contributed by atoms with Crippen molar-refractivity contribution in [2.45, 2.75) is 46.5 Å². The fourth-order valence-corrected chi connectivity index (χ4v) is 3.52. The van der Waals surface area contributed by atoms with Crippen LogP contribution in [0.2, 0.25) is 0 Å². The summed E-state index contributed by atoms with van der Waals surface area (Å²) in [5.41, 5.74) is 3.39. The summed E-state index contributed by atoms with van der Waals surface area (Å²) in [4.78, 5) is 15.5. The smallest absolute Gasteiger partial charge is 0.284 e. The highest BCUT2D eigenvalue weighted by atomic mass is 16.5. The standard InChI is InChI=1S/C26H33N3O2/c1-4-7-18-28(19-8-5-2)22-16-14-21(15-17-22)20-24-25(31-6-3)27-29(26(24)30)23-12-10-9-11-13-23/h9-17,20H,4-8,18-19H2,1-3H3. The van der Waals surface area contributed by atoms with Crippen molar-refractivity contribution in [3.8, 4) is 0 Å². The molecule has 2 aromatic rings. The van der Waals surface area contributed by atoms with E-state index >= 15 is 0 Å². The van der Waals surface area contributed by atoms with Gasteiger partial charge in [0.05, 0.1) is 12.3 Å². The quantitative estimate of drug-likeness (QED) is 0.452. The Labute approximate surface area is 186 Å². The molecule has 3 rings (SSSR count). The summed E-state index contributed by atoms with van der Waals surface area (Å²) in [5.74, 6) is 0.194. The zero-order valence-corrected chi connectivity index (χ0v) is 18.9. The van der Waals surface area contributed by atoms with Crippen molar-refractivity contribution in [3.05, 3.63) is 65.7 Å². The average molecular weight is 420 g/mol. The summed E-state index contributed by atoms with van der Waals surface area (Å²) >= 11 is 0. The first-order valence-electron chi connectivity index (χ1n) is 11.4. The Morgan fingerprint density at radius 1 is 0.935 bits per heavy atom. The molecule has 0 radical (unpaired) electrons. The van der Waals surface area contributed by atoms with Gasteiger partial charge in [-0.2, -0.15) is 5.01 Å². The fourth-order valence-electron chi connectivity index (χ4n) is 3.52. The number of unbranched alkanes of at least 4 members (excludes halogenated alkanes) is 2. The third-order valence-electron chi connectivity index (χ3n) is 5.26. The van der Waals surface area contributed by atoms with Gasteiger partial charge < -0.3 is 9.64 Å². The van der Waals surface area contributed by atoms with Gasteiger partial charge in [0.2, 0.25) is 5.90 Å². The van der Waals surface area contributed by atoms with Crippen molar-refractivity contribution in [1.82, 2.24) is 0 Å². The molecule has 0 unspecified atom stereocenters. The van der Waals surface area contributed by atoms with Crippen LogP contribution >= 0.6 is 0 Å². The molecular formula is C26H33N3O2. The molecule has 0 N–H and O–H groups in total. The number of hydrogen-bond donors (Lipinski definition) is 0. The van der Waals surface area contributed by atoms with Crippen molar-refractivity contribution in [2.24, 2.45) is 5.10 Å². The van der Waals surface area contributed by atoms with Crippen LogP contribution in [-0.2, 0) is 9.53 Å². The lowest BCUT2D eigenvalue weighted by Crippen LogP contribution is -2.25. The van der Waals surface area contributed by atoms with Gasteiger partial charge in [0.15, 0.2) is 0 Å². The average Bonchev–Trinajstić information content (AvgIpc) is 3.10. The van der Waals surface area contributed by atoms with Gasteiger partial charge in [-0.15, -0.1) is 5.10 Å². The van der Waals surface area contributed by atoms with Crippen molar-refractivity contribution in [1.29, 1.82) is 0 Å². The molecule has 0 spiro atoms. The van der Waals surface area contributed by atoms with E-state index in [1.807, 2.05) is 43.3 Å². The molecule has 31 heavy (non-hydrogen) atoms. The number of rotatable bonds is 10. The molecule has 1 amide bonds. The lowest BCUT2D eigenvalue weighted by Gasteiger charge is -2.24. The Balaban J connectivity index is 1.82. The highest BCUT2D eigenvalue weighted by Crippen LogP contribution is 2.26. The molecule has 1 aliphatic rings. The zero-order valence-electron chi connectivity index (χ0n) is 18.9. The number of carbonyl (C=O) groups is 1. The minimum atomic E-state index is -0.175. The molecule has 164 valence electrons. The van der Waals surface area contributed by atoms with Crippen LogP contribution in [0.4, 0.5) is 11.4 Å². The van der Waals surface area contributed by atoms with Gasteiger partial charge in [-0.1, -0.05) is 57.0 Å². The van der Waals surface area contributed by atoms with Crippen LogP contribution in [0.25, 0.3) is 6.08 Å². The largest absolute Gasteiger partial charge is 0.476 e. The maximum atomic E-state index is 13.1. The van der Waals surface area contributed by atoms with E-state index in [4.69, 9.17) is 4.74 Å². The van der Waals surface area contributed by atoms with Gasteiger partial charge in [-0.3, -0.25) is 4.79 Å². The Morgan fingerprint density at radius 2 is 1.58 bits per heavy atom. The minimum absolute atomic E-state index is 0.175. The van der Waals surface area contributed by atoms with Gasteiger partial charge >= 0.3 is 0 Å². The Kier molecular flexibility index (Phi) is 8.27. The fraction of sp³-hybridized carbons (Fsp3) is 0.385. The van der Waals surface area contributed by atoms with Crippen LogP contribution in [0.15, 0.2) is 65.3 Å². The second-order valence-corrected chi connectivity index (χ2v) is 7.63. The molecule has 1 aliphatic heterocycles. The lowest BCUT2D eigenvalue weighted by atomic mass is 10.1. The van der Waals surface area contributed by atoms with Crippen LogP contribution < -0.4 is 9.91 Å². The maximum absolute atomic E-state index is 13.1. The summed E-state index contributed by atoms with van der Waals surface area (Å²) in [6, 6.07) is 17.8. The first kappa shape index (κ1) is 22.6. The number of amides is 1. The molecule has 0 aromatic heterocycles. The third kappa shape index (κ3) is 5.75. The third-order valence-corrected chi connectivity index (χ3v) is 5.26. The van der Waals surface area contributed by atoms with Crippen molar-refractivity contribution in [2.75, 3.05) is 29.6 Å². The summed E-state index contributed by atoms with van der Waals surface area (Å²) < 4.78 is 5.67. The highest BCUT2D eigenvalue weighted by molar-refractivity contribution is 6.30. The number of carbonyl (C=O) groups excluding carboxylic acids is 1. The summed E-state index contributed by atoms with van der Waals surface area (Å²) in [6.45, 7) is 8.94. The van der Waals surface area contributed by atoms with Gasteiger partial charge in [0, 0.05) is 18.8 Å². The number of nitrogens with zero attached hydrogens (tertiary/aromatic N) is 3. The first-order valence-corrected chi connectivity index (χ1v) is 11.4. The topological polar surface area (TPSA) is 45.1 Å². The van der Waals surface area contributed by atoms with E-state index in [1.54, 1.807) is 0 Å². The molecule has 0 fully saturated rings. The van der Waals surface area contributed by atoms with Crippen LogP contribution in [0, 0.1) is 0 Å². The molecule has 1 heterocycles. The van der Waals surface area contributed by atoms with E-state index < -0.39 is 0 Å².